The molecular formula is C10H24N2O2S. The summed E-state index contributed by atoms with van der Waals surface area (Å²) >= 11 is 0. The Balaban J connectivity index is 3.50. The number of sulfone groups is 1. The second kappa shape index (κ2) is 9.12. The van der Waals surface area contributed by atoms with Gasteiger partial charge in [-0.05, 0) is 38.8 Å². The molecule has 0 aromatic carbocycles. The Kier molecular flexibility index (Phi) is 9.04. The van der Waals surface area contributed by atoms with E-state index in [0.29, 0.717) is 24.6 Å². The van der Waals surface area contributed by atoms with E-state index in [9.17, 15) is 8.42 Å². The maximum absolute atomic E-state index is 11.5. The molecule has 0 radical (unpaired) electrons. The highest BCUT2D eigenvalue weighted by Crippen LogP contribution is 2.04. The molecule has 0 bridgehead atoms. The lowest BCUT2D eigenvalue weighted by atomic mass is 10.2. The van der Waals surface area contributed by atoms with E-state index in [0.717, 1.165) is 38.5 Å². The van der Waals surface area contributed by atoms with Crippen LogP contribution < -0.4 is 11.5 Å². The predicted octanol–water partition coefficient (Wildman–Crippen LogP) is 0.659. The fourth-order valence-electron chi connectivity index (χ4n) is 1.39. The highest BCUT2D eigenvalue weighted by molar-refractivity contribution is 7.91. The number of nitrogens with two attached hydrogens (primary N) is 2. The molecule has 0 aliphatic heterocycles. The van der Waals surface area contributed by atoms with Gasteiger partial charge in [0, 0.05) is 0 Å². The lowest BCUT2D eigenvalue weighted by molar-refractivity contribution is 0.584. The number of hydrogen-bond donors (Lipinski definition) is 2. The van der Waals surface area contributed by atoms with Crippen molar-refractivity contribution < 1.29 is 8.42 Å². The first kappa shape index (κ1) is 14.9. The highest BCUT2D eigenvalue weighted by atomic mass is 32.2. The average Bonchev–Trinajstić information content (AvgIpc) is 2.20. The second-order valence-corrected chi connectivity index (χ2v) is 6.15. The summed E-state index contributed by atoms with van der Waals surface area (Å²) in [6.45, 7) is 1.30. The number of unbranched alkanes of at least 4 members (excludes halogenated alkanes) is 4. The van der Waals surface area contributed by atoms with Crippen LogP contribution in [0, 0.1) is 0 Å². The molecule has 0 unspecified atom stereocenters. The second-order valence-electron chi connectivity index (χ2n) is 3.85. The highest BCUT2D eigenvalue weighted by Gasteiger charge is 2.09. The van der Waals surface area contributed by atoms with Crippen LogP contribution in [0.4, 0.5) is 0 Å². The minimum atomic E-state index is -2.82. The van der Waals surface area contributed by atoms with Gasteiger partial charge in [-0.3, -0.25) is 0 Å². The van der Waals surface area contributed by atoms with Crippen molar-refractivity contribution in [2.24, 2.45) is 11.5 Å². The van der Waals surface area contributed by atoms with Crippen molar-refractivity contribution in [3.63, 3.8) is 0 Å². The Morgan fingerprint density at radius 3 is 1.40 bits per heavy atom. The fourth-order valence-corrected chi connectivity index (χ4v) is 2.88. The zero-order valence-electron chi connectivity index (χ0n) is 9.45. The summed E-state index contributed by atoms with van der Waals surface area (Å²) < 4.78 is 23.0. The van der Waals surface area contributed by atoms with Gasteiger partial charge in [0.15, 0.2) is 0 Å². The average molecular weight is 236 g/mol. The van der Waals surface area contributed by atoms with Gasteiger partial charge >= 0.3 is 0 Å². The molecule has 4 nitrogen and oxygen atoms in total. The maximum Gasteiger partial charge on any atom is 0.150 e. The van der Waals surface area contributed by atoms with Crippen molar-refractivity contribution >= 4 is 9.84 Å². The van der Waals surface area contributed by atoms with Crippen LogP contribution in [0.15, 0.2) is 0 Å². The third-order valence-electron chi connectivity index (χ3n) is 2.32. The lowest BCUT2D eigenvalue weighted by Crippen LogP contribution is -2.12. The SMILES string of the molecule is NCCCCCS(=O)(=O)CCCCCN. The smallest absolute Gasteiger partial charge is 0.150 e. The van der Waals surface area contributed by atoms with Crippen molar-refractivity contribution in [2.75, 3.05) is 24.6 Å². The first-order chi connectivity index (χ1) is 7.12. The van der Waals surface area contributed by atoms with Crippen molar-refractivity contribution in [1.82, 2.24) is 0 Å². The topological polar surface area (TPSA) is 86.2 Å². The van der Waals surface area contributed by atoms with E-state index < -0.39 is 9.84 Å². The molecule has 0 spiro atoms. The third kappa shape index (κ3) is 10.2. The summed E-state index contributed by atoms with van der Waals surface area (Å²) in [4.78, 5) is 0. The van der Waals surface area contributed by atoms with Crippen LogP contribution in [-0.4, -0.2) is 33.0 Å². The molecule has 0 aromatic rings. The molecule has 0 heterocycles. The molecule has 0 amide bonds. The summed E-state index contributed by atoms with van der Waals surface area (Å²) in [6.07, 6.45) is 5.16. The first-order valence-corrected chi connectivity index (χ1v) is 7.55. The Labute approximate surface area is 93.3 Å². The van der Waals surface area contributed by atoms with Crippen LogP contribution in [0.2, 0.25) is 0 Å². The third-order valence-corrected chi connectivity index (χ3v) is 4.14. The van der Waals surface area contributed by atoms with E-state index in [1.807, 2.05) is 0 Å². The van der Waals surface area contributed by atoms with Crippen molar-refractivity contribution in [3.05, 3.63) is 0 Å². The Morgan fingerprint density at radius 1 is 0.667 bits per heavy atom. The minimum absolute atomic E-state index is 0.315. The van der Waals surface area contributed by atoms with Gasteiger partial charge in [-0.2, -0.15) is 0 Å². The molecule has 0 saturated heterocycles. The molecule has 0 fully saturated rings. The Morgan fingerprint density at radius 2 is 1.07 bits per heavy atom. The van der Waals surface area contributed by atoms with Gasteiger partial charge in [0.2, 0.25) is 0 Å². The summed E-state index contributed by atoms with van der Waals surface area (Å²) in [7, 11) is -2.82. The molecule has 0 aromatic heterocycles. The van der Waals surface area contributed by atoms with Crippen molar-refractivity contribution in [3.8, 4) is 0 Å². The number of rotatable bonds is 10. The molecule has 92 valence electrons. The van der Waals surface area contributed by atoms with Crippen LogP contribution in [-0.2, 0) is 9.84 Å². The van der Waals surface area contributed by atoms with Gasteiger partial charge in [-0.25, -0.2) is 8.42 Å². The van der Waals surface area contributed by atoms with Gasteiger partial charge in [0.25, 0.3) is 0 Å². The Hall–Kier alpha value is -0.130. The summed E-state index contributed by atoms with van der Waals surface area (Å²) in [5, 5.41) is 0. The van der Waals surface area contributed by atoms with Crippen molar-refractivity contribution in [1.29, 1.82) is 0 Å². The van der Waals surface area contributed by atoms with Crippen LogP contribution in [0.1, 0.15) is 38.5 Å². The standard InChI is InChI=1S/C10H24N2O2S/c11-7-3-1-5-9-15(13,14)10-6-2-4-8-12/h1-12H2. The summed E-state index contributed by atoms with van der Waals surface area (Å²) in [5.41, 5.74) is 10.7. The first-order valence-electron chi connectivity index (χ1n) is 5.73. The largest absolute Gasteiger partial charge is 0.330 e. The summed E-state index contributed by atoms with van der Waals surface area (Å²) in [5.74, 6) is 0.630. The van der Waals surface area contributed by atoms with Gasteiger partial charge in [-0.1, -0.05) is 12.8 Å². The molecule has 4 N–H and O–H groups in total. The van der Waals surface area contributed by atoms with Crippen LogP contribution in [0.3, 0.4) is 0 Å². The maximum atomic E-state index is 11.5. The van der Waals surface area contributed by atoms with Gasteiger partial charge in [-0.15, -0.1) is 0 Å². The minimum Gasteiger partial charge on any atom is -0.330 e. The van der Waals surface area contributed by atoms with Crippen LogP contribution >= 0.6 is 0 Å². The van der Waals surface area contributed by atoms with Gasteiger partial charge in [0.1, 0.15) is 9.84 Å². The molecule has 0 atom stereocenters. The quantitative estimate of drug-likeness (QED) is 0.546. The van der Waals surface area contributed by atoms with E-state index in [4.69, 9.17) is 11.5 Å². The van der Waals surface area contributed by atoms with Gasteiger partial charge in [0.05, 0.1) is 11.5 Å². The molecule has 0 aliphatic carbocycles. The number of hydrogen-bond acceptors (Lipinski definition) is 4. The van der Waals surface area contributed by atoms with E-state index in [1.54, 1.807) is 0 Å². The van der Waals surface area contributed by atoms with Crippen LogP contribution in [0.25, 0.3) is 0 Å². The Bertz CT molecular complexity index is 210. The molecule has 0 saturated carbocycles. The monoisotopic (exact) mass is 236 g/mol. The molecule has 5 heteroatoms. The van der Waals surface area contributed by atoms with E-state index in [-0.39, 0.29) is 0 Å². The molecular weight excluding hydrogens is 212 g/mol. The lowest BCUT2D eigenvalue weighted by Gasteiger charge is -2.03. The fraction of sp³-hybridized carbons (Fsp3) is 1.00. The van der Waals surface area contributed by atoms with Gasteiger partial charge < -0.3 is 11.5 Å². The molecule has 15 heavy (non-hydrogen) atoms. The van der Waals surface area contributed by atoms with E-state index in [1.165, 1.54) is 0 Å². The van der Waals surface area contributed by atoms with Crippen molar-refractivity contribution in [2.45, 2.75) is 38.5 Å². The van der Waals surface area contributed by atoms with E-state index in [2.05, 4.69) is 0 Å². The summed E-state index contributed by atoms with van der Waals surface area (Å²) in [6, 6.07) is 0. The molecule has 0 aliphatic rings. The van der Waals surface area contributed by atoms with Crippen LogP contribution in [0.5, 0.6) is 0 Å². The normalized spacial score (nSPS) is 11.9. The zero-order chi connectivity index (χ0) is 11.6. The predicted molar refractivity (Wildman–Crippen MR) is 64.5 cm³/mol. The molecule has 0 rings (SSSR count). The zero-order valence-corrected chi connectivity index (χ0v) is 10.3. The van der Waals surface area contributed by atoms with E-state index >= 15 is 0 Å².